The van der Waals surface area contributed by atoms with Crippen molar-refractivity contribution in [1.29, 1.82) is 0 Å². The molecule has 2 aromatic carbocycles. The Bertz CT molecular complexity index is 1060. The summed E-state index contributed by atoms with van der Waals surface area (Å²) in [7, 11) is 3.12. The molecule has 4 atom stereocenters. The number of ketones is 1. The highest BCUT2D eigenvalue weighted by Gasteiger charge is 2.47. The highest BCUT2D eigenvalue weighted by Crippen LogP contribution is 2.50. The van der Waals surface area contributed by atoms with Crippen LogP contribution in [-0.2, 0) is 6.42 Å². The van der Waals surface area contributed by atoms with Crippen LogP contribution in [0.5, 0.6) is 28.7 Å². The lowest BCUT2D eigenvalue weighted by molar-refractivity contribution is -0.0167. The van der Waals surface area contributed by atoms with Crippen LogP contribution in [0.4, 0.5) is 0 Å². The maximum atomic E-state index is 13.6. The summed E-state index contributed by atoms with van der Waals surface area (Å²) in [5.74, 6) is 2.37. The Kier molecular flexibility index (Phi) is 4.97. The highest BCUT2D eigenvalue weighted by molar-refractivity contribution is 14.1. The van der Waals surface area contributed by atoms with Gasteiger partial charge in [0.05, 0.1) is 25.7 Å². The predicted molar refractivity (Wildman–Crippen MR) is 121 cm³/mol. The van der Waals surface area contributed by atoms with Gasteiger partial charge in [0.2, 0.25) is 0 Å². The SMILES string of the molecule is COc1cc2c(cc1OC)[C@@H]1C(=O)c3ccc4c(c3O[C@@H]1CO2)C[C@H](C(C)(O)C[123I])O4. The van der Waals surface area contributed by atoms with Gasteiger partial charge in [-0.15, -0.1) is 0 Å². The summed E-state index contributed by atoms with van der Waals surface area (Å²) >= 11 is 2.15. The lowest BCUT2D eigenvalue weighted by atomic mass is 9.81. The van der Waals surface area contributed by atoms with Gasteiger partial charge < -0.3 is 28.8 Å². The molecule has 5 rings (SSSR count). The molecule has 0 aliphatic carbocycles. The lowest BCUT2D eigenvalue weighted by Gasteiger charge is -2.37. The van der Waals surface area contributed by atoms with Crippen molar-refractivity contribution < 1.29 is 33.6 Å². The van der Waals surface area contributed by atoms with Crippen LogP contribution in [0.25, 0.3) is 0 Å². The lowest BCUT2D eigenvalue weighted by Crippen LogP contribution is -2.44. The largest absolute Gasteiger partial charge is 0.493 e. The molecule has 0 saturated carbocycles. The zero-order valence-corrected chi connectivity index (χ0v) is 19.6. The van der Waals surface area contributed by atoms with Crippen molar-refractivity contribution in [2.24, 2.45) is 0 Å². The van der Waals surface area contributed by atoms with Crippen LogP contribution < -0.4 is 23.7 Å². The van der Waals surface area contributed by atoms with Crippen LogP contribution in [0.3, 0.4) is 0 Å². The van der Waals surface area contributed by atoms with Crippen LogP contribution in [0.15, 0.2) is 24.3 Å². The van der Waals surface area contributed by atoms with Gasteiger partial charge >= 0.3 is 0 Å². The van der Waals surface area contributed by atoms with Gasteiger partial charge in [-0.3, -0.25) is 4.79 Å². The standard InChI is InChI=1S/C23H23IO7/c1-23(26,10-24)19-7-13-14(30-19)5-4-11-21(25)20-12-6-16(27-2)17(28-3)8-15(12)29-9-18(20)31-22(11)13/h4-6,8,18-20,26H,7,9-10H2,1-3H3/t18-,19-,20+,23?/m1/s1/i24-4. The maximum Gasteiger partial charge on any atom is 0.178 e. The number of ether oxygens (including phenoxy) is 5. The van der Waals surface area contributed by atoms with Crippen molar-refractivity contribution in [3.8, 4) is 28.7 Å². The number of Topliss-reactive ketones (excluding diaryl/α,β-unsaturated/α-hetero) is 1. The monoisotopic (exact) mass is 534 g/mol. The van der Waals surface area contributed by atoms with E-state index in [2.05, 4.69) is 22.6 Å². The molecule has 7 nitrogen and oxygen atoms in total. The minimum Gasteiger partial charge on any atom is -0.493 e. The van der Waals surface area contributed by atoms with E-state index in [9.17, 15) is 9.90 Å². The van der Waals surface area contributed by atoms with E-state index in [1.165, 1.54) is 0 Å². The van der Waals surface area contributed by atoms with Gasteiger partial charge in [-0.2, -0.15) is 0 Å². The molecule has 3 aliphatic heterocycles. The molecule has 1 unspecified atom stereocenters. The van der Waals surface area contributed by atoms with Crippen LogP contribution >= 0.6 is 22.6 Å². The van der Waals surface area contributed by atoms with Crippen molar-refractivity contribution in [1.82, 2.24) is 0 Å². The summed E-state index contributed by atoms with van der Waals surface area (Å²) in [6, 6.07) is 7.10. The quantitative estimate of drug-likeness (QED) is 0.476. The summed E-state index contributed by atoms with van der Waals surface area (Å²) in [6.45, 7) is 2.01. The molecule has 31 heavy (non-hydrogen) atoms. The van der Waals surface area contributed by atoms with E-state index in [1.54, 1.807) is 45.4 Å². The molecular formula is C23H23IO7. The molecule has 164 valence electrons. The average Bonchev–Trinajstić information content (AvgIpc) is 3.23. The number of aliphatic hydroxyl groups is 1. The van der Waals surface area contributed by atoms with Gasteiger partial charge in [0.15, 0.2) is 17.3 Å². The van der Waals surface area contributed by atoms with E-state index in [4.69, 9.17) is 23.7 Å². The number of rotatable bonds is 4. The molecule has 1 N–H and O–H groups in total. The molecule has 0 fully saturated rings. The molecule has 0 radical (unpaired) electrons. The molecule has 0 aromatic heterocycles. The Morgan fingerprint density at radius 3 is 2.61 bits per heavy atom. The van der Waals surface area contributed by atoms with Crippen LogP contribution in [0.1, 0.15) is 34.3 Å². The molecule has 0 bridgehead atoms. The van der Waals surface area contributed by atoms with Crippen molar-refractivity contribution in [3.05, 3.63) is 41.0 Å². The first-order valence-corrected chi connectivity index (χ1v) is 11.6. The van der Waals surface area contributed by atoms with Gasteiger partial charge in [0, 0.05) is 28.0 Å². The fourth-order valence-electron chi connectivity index (χ4n) is 4.50. The normalized spacial score (nSPS) is 24.9. The molecule has 0 spiro atoms. The molecule has 3 aliphatic rings. The molecule has 0 amide bonds. The topological polar surface area (TPSA) is 83.5 Å². The molecule has 0 saturated heterocycles. The second-order valence-electron chi connectivity index (χ2n) is 8.27. The summed E-state index contributed by atoms with van der Waals surface area (Å²) in [5.41, 5.74) is 1.11. The Labute approximate surface area is 193 Å². The Morgan fingerprint density at radius 2 is 1.90 bits per heavy atom. The fraction of sp³-hybridized carbons (Fsp3) is 0.435. The molecule has 8 heteroatoms. The number of hydrogen-bond acceptors (Lipinski definition) is 7. The number of fused-ring (bicyclic) bond motifs is 6. The number of halogens is 1. The Morgan fingerprint density at radius 1 is 1.16 bits per heavy atom. The van der Waals surface area contributed by atoms with E-state index in [1.807, 2.05) is 0 Å². The first-order valence-electron chi connectivity index (χ1n) is 10.1. The summed E-state index contributed by atoms with van der Waals surface area (Å²) < 4.78 is 29.6. The first kappa shape index (κ1) is 20.7. The number of carbonyl (C=O) groups is 1. The number of alkyl halides is 1. The minimum atomic E-state index is -0.976. The number of carbonyl (C=O) groups excluding carboxylic acids is 1. The van der Waals surface area contributed by atoms with E-state index in [-0.39, 0.29) is 18.5 Å². The van der Waals surface area contributed by atoms with Crippen molar-refractivity contribution in [2.75, 3.05) is 25.3 Å². The average molecular weight is 534 g/mol. The third-order valence-corrected chi connectivity index (χ3v) is 7.83. The van der Waals surface area contributed by atoms with E-state index in [0.29, 0.717) is 45.2 Å². The van der Waals surface area contributed by atoms with Crippen LogP contribution in [0.2, 0.25) is 0 Å². The summed E-state index contributed by atoms with van der Waals surface area (Å²) in [4.78, 5) is 13.6. The fourth-order valence-corrected chi connectivity index (χ4v) is 4.99. The predicted octanol–water partition coefficient (Wildman–Crippen LogP) is 3.31. The van der Waals surface area contributed by atoms with Gasteiger partial charge in [-0.25, -0.2) is 0 Å². The summed E-state index contributed by atoms with van der Waals surface area (Å²) in [6.07, 6.45) is -0.356. The minimum absolute atomic E-state index is 0.0186. The van der Waals surface area contributed by atoms with Gasteiger partial charge in [0.1, 0.15) is 41.7 Å². The molecule has 3 heterocycles. The van der Waals surface area contributed by atoms with E-state index < -0.39 is 17.6 Å². The smallest absolute Gasteiger partial charge is 0.178 e. The number of methoxy groups -OCH3 is 2. The van der Waals surface area contributed by atoms with Crippen molar-refractivity contribution >= 4 is 28.4 Å². The van der Waals surface area contributed by atoms with Gasteiger partial charge in [0.25, 0.3) is 0 Å². The number of hydrogen-bond donors (Lipinski definition) is 1. The third-order valence-electron chi connectivity index (χ3n) is 6.28. The second kappa shape index (κ2) is 7.44. The van der Waals surface area contributed by atoms with Gasteiger partial charge in [-0.1, -0.05) is 22.6 Å². The second-order valence-corrected chi connectivity index (χ2v) is 9.04. The van der Waals surface area contributed by atoms with E-state index in [0.717, 1.165) is 11.1 Å². The number of benzene rings is 2. The molecule has 2 aromatic rings. The third kappa shape index (κ3) is 3.14. The Balaban J connectivity index is 1.55. The molecular weight excluding hydrogens is 511 g/mol. The Hall–Kier alpha value is -2.20. The van der Waals surface area contributed by atoms with Crippen molar-refractivity contribution in [3.63, 3.8) is 0 Å². The van der Waals surface area contributed by atoms with Gasteiger partial charge in [-0.05, 0) is 25.1 Å². The highest BCUT2D eigenvalue weighted by atomic mass is 123. The summed E-state index contributed by atoms with van der Waals surface area (Å²) in [5, 5.41) is 10.7. The van der Waals surface area contributed by atoms with E-state index >= 15 is 0 Å². The first-order chi connectivity index (χ1) is 14.9. The maximum absolute atomic E-state index is 13.6. The van der Waals surface area contributed by atoms with Crippen molar-refractivity contribution in [2.45, 2.75) is 37.1 Å². The van der Waals surface area contributed by atoms with Crippen LogP contribution in [-0.4, -0.2) is 54.0 Å². The zero-order chi connectivity index (χ0) is 21.9. The van der Waals surface area contributed by atoms with Crippen LogP contribution in [0, 0.1) is 0 Å². The zero-order valence-electron chi connectivity index (χ0n) is 17.4.